The summed E-state index contributed by atoms with van der Waals surface area (Å²) >= 11 is 0. The molecule has 0 rings (SSSR count). The minimum atomic E-state index is 0.445. The number of hydrogen-bond acceptors (Lipinski definition) is 2. The third-order valence-electron chi connectivity index (χ3n) is 1.61. The van der Waals surface area contributed by atoms with E-state index in [1.165, 1.54) is 6.42 Å². The average molecular weight is 170 g/mol. The van der Waals surface area contributed by atoms with Crippen LogP contribution in [0.1, 0.15) is 47.0 Å². The molecule has 0 amide bonds. The molecule has 0 unspecified atom stereocenters. The zero-order valence-corrected chi connectivity index (χ0v) is 8.93. The predicted molar refractivity (Wildman–Crippen MR) is 53.6 cm³/mol. The molecular formula is C10H22N2. The molecule has 0 aliphatic rings. The van der Waals surface area contributed by atoms with Crippen molar-refractivity contribution in [1.82, 2.24) is 0 Å². The molecule has 72 valence electrons. The van der Waals surface area contributed by atoms with Gasteiger partial charge in [0, 0.05) is 0 Å². The lowest BCUT2D eigenvalue weighted by Gasteiger charge is -2.16. The molecule has 0 fully saturated rings. The molecule has 0 heterocycles. The van der Waals surface area contributed by atoms with Gasteiger partial charge in [-0.05, 0) is 24.7 Å². The molecular weight excluding hydrogens is 148 g/mol. The van der Waals surface area contributed by atoms with E-state index in [2.05, 4.69) is 37.9 Å². The van der Waals surface area contributed by atoms with Crippen LogP contribution < -0.4 is 0 Å². The average Bonchev–Trinajstić information content (AvgIpc) is 1.94. The lowest BCUT2D eigenvalue weighted by atomic mass is 9.91. The predicted octanol–water partition coefficient (Wildman–Crippen LogP) is 3.67. The zero-order valence-electron chi connectivity index (χ0n) is 8.93. The van der Waals surface area contributed by atoms with Gasteiger partial charge in [-0.2, -0.15) is 10.2 Å². The fourth-order valence-corrected chi connectivity index (χ4v) is 0.922. The summed E-state index contributed by atoms with van der Waals surface area (Å²) in [4.78, 5) is 0. The van der Waals surface area contributed by atoms with E-state index in [9.17, 15) is 0 Å². The topological polar surface area (TPSA) is 24.7 Å². The van der Waals surface area contributed by atoms with Gasteiger partial charge in [0.05, 0.1) is 13.1 Å². The van der Waals surface area contributed by atoms with Gasteiger partial charge in [-0.15, -0.1) is 0 Å². The van der Waals surface area contributed by atoms with Gasteiger partial charge < -0.3 is 0 Å². The summed E-state index contributed by atoms with van der Waals surface area (Å²) < 4.78 is 0. The van der Waals surface area contributed by atoms with E-state index in [1.807, 2.05) is 0 Å². The molecule has 0 spiro atoms. The Bertz CT molecular complexity index is 122. The van der Waals surface area contributed by atoms with E-state index in [-0.39, 0.29) is 0 Å². The first-order valence-corrected chi connectivity index (χ1v) is 4.89. The van der Waals surface area contributed by atoms with Crippen LogP contribution in [0.4, 0.5) is 0 Å². The molecule has 0 aromatic carbocycles. The number of rotatable bonds is 5. The Morgan fingerprint density at radius 3 is 2.08 bits per heavy atom. The summed E-state index contributed by atoms with van der Waals surface area (Å²) in [6.07, 6.45) is 3.50. The Labute approximate surface area is 76.5 Å². The van der Waals surface area contributed by atoms with Crippen LogP contribution in [0.5, 0.6) is 0 Å². The number of hydrogen-bond donors (Lipinski definition) is 0. The second-order valence-electron chi connectivity index (χ2n) is 4.39. The van der Waals surface area contributed by atoms with Gasteiger partial charge in [0.2, 0.25) is 0 Å². The maximum Gasteiger partial charge on any atom is 0.0599 e. The van der Waals surface area contributed by atoms with Crippen LogP contribution in [0.25, 0.3) is 0 Å². The molecule has 12 heavy (non-hydrogen) atoms. The normalized spacial score (nSPS) is 12.7. The van der Waals surface area contributed by atoms with Crippen molar-refractivity contribution in [2.45, 2.75) is 47.0 Å². The molecule has 0 atom stereocenters. The molecule has 0 bridgehead atoms. The van der Waals surface area contributed by atoms with Crippen molar-refractivity contribution in [3.8, 4) is 0 Å². The maximum atomic E-state index is 4.09. The standard InChI is InChI=1S/C10H22N2/c1-5-8-11-12-9-6-7-10(2,3)4/h5-9H2,1-4H3. The first-order valence-electron chi connectivity index (χ1n) is 4.89. The first kappa shape index (κ1) is 11.6. The highest BCUT2D eigenvalue weighted by Gasteiger charge is 2.08. The summed E-state index contributed by atoms with van der Waals surface area (Å²) in [6.45, 7) is 10.7. The quantitative estimate of drug-likeness (QED) is 0.444. The first-order chi connectivity index (χ1) is 5.56. The van der Waals surface area contributed by atoms with Crippen LogP contribution in [-0.2, 0) is 0 Å². The highest BCUT2D eigenvalue weighted by molar-refractivity contribution is 4.61. The largest absolute Gasteiger partial charge is 0.194 e. The van der Waals surface area contributed by atoms with Gasteiger partial charge in [-0.25, -0.2) is 0 Å². The third kappa shape index (κ3) is 9.60. The highest BCUT2D eigenvalue weighted by atomic mass is 15.1. The Hall–Kier alpha value is -0.400. The van der Waals surface area contributed by atoms with Crippen molar-refractivity contribution >= 4 is 0 Å². The number of azo groups is 1. The van der Waals surface area contributed by atoms with Gasteiger partial charge in [0.1, 0.15) is 0 Å². The van der Waals surface area contributed by atoms with E-state index in [1.54, 1.807) is 0 Å². The van der Waals surface area contributed by atoms with E-state index in [0.717, 1.165) is 25.9 Å². The van der Waals surface area contributed by atoms with Gasteiger partial charge >= 0.3 is 0 Å². The van der Waals surface area contributed by atoms with Crippen molar-refractivity contribution in [2.24, 2.45) is 15.6 Å². The molecule has 0 aliphatic carbocycles. The summed E-state index contributed by atoms with van der Waals surface area (Å²) in [5.41, 5.74) is 0.445. The van der Waals surface area contributed by atoms with Crippen LogP contribution in [0.15, 0.2) is 10.2 Å². The Balaban J connectivity index is 3.21. The van der Waals surface area contributed by atoms with Gasteiger partial charge in [0.15, 0.2) is 0 Å². The van der Waals surface area contributed by atoms with Gasteiger partial charge in [0.25, 0.3) is 0 Å². The summed E-state index contributed by atoms with van der Waals surface area (Å²) in [6, 6.07) is 0. The fourth-order valence-electron chi connectivity index (χ4n) is 0.922. The minimum absolute atomic E-state index is 0.445. The Morgan fingerprint density at radius 2 is 1.58 bits per heavy atom. The second kappa shape index (κ2) is 6.15. The molecule has 0 radical (unpaired) electrons. The van der Waals surface area contributed by atoms with Crippen LogP contribution >= 0.6 is 0 Å². The lowest BCUT2D eigenvalue weighted by molar-refractivity contribution is 0.367. The SMILES string of the molecule is CCCN=NCCCC(C)(C)C. The summed E-state index contributed by atoms with van der Waals surface area (Å²) in [5, 5.41) is 8.12. The van der Waals surface area contributed by atoms with E-state index < -0.39 is 0 Å². The monoisotopic (exact) mass is 170 g/mol. The third-order valence-corrected chi connectivity index (χ3v) is 1.61. The van der Waals surface area contributed by atoms with Crippen molar-refractivity contribution in [3.05, 3.63) is 0 Å². The van der Waals surface area contributed by atoms with Crippen LogP contribution in [0.2, 0.25) is 0 Å². The highest BCUT2D eigenvalue weighted by Crippen LogP contribution is 2.20. The van der Waals surface area contributed by atoms with Crippen LogP contribution in [-0.4, -0.2) is 13.1 Å². The van der Waals surface area contributed by atoms with Crippen molar-refractivity contribution in [1.29, 1.82) is 0 Å². The molecule has 0 aromatic heterocycles. The Kier molecular flexibility index (Phi) is 5.95. The molecule has 2 nitrogen and oxygen atoms in total. The zero-order chi connectivity index (χ0) is 9.45. The van der Waals surface area contributed by atoms with E-state index in [4.69, 9.17) is 0 Å². The smallest absolute Gasteiger partial charge is 0.0599 e. The van der Waals surface area contributed by atoms with Crippen molar-refractivity contribution in [3.63, 3.8) is 0 Å². The summed E-state index contributed by atoms with van der Waals surface area (Å²) in [5.74, 6) is 0. The van der Waals surface area contributed by atoms with E-state index in [0.29, 0.717) is 5.41 Å². The van der Waals surface area contributed by atoms with Crippen LogP contribution in [0.3, 0.4) is 0 Å². The van der Waals surface area contributed by atoms with Crippen molar-refractivity contribution in [2.75, 3.05) is 13.1 Å². The van der Waals surface area contributed by atoms with Gasteiger partial charge in [-0.1, -0.05) is 27.7 Å². The lowest BCUT2D eigenvalue weighted by Crippen LogP contribution is -2.04. The fraction of sp³-hybridized carbons (Fsp3) is 1.00. The number of nitrogens with zero attached hydrogens (tertiary/aromatic N) is 2. The van der Waals surface area contributed by atoms with Crippen molar-refractivity contribution < 1.29 is 0 Å². The molecule has 2 heteroatoms. The molecule has 0 N–H and O–H groups in total. The molecule has 0 saturated carbocycles. The van der Waals surface area contributed by atoms with Gasteiger partial charge in [-0.3, -0.25) is 0 Å². The molecule has 0 aromatic rings. The minimum Gasteiger partial charge on any atom is -0.194 e. The maximum absolute atomic E-state index is 4.09. The van der Waals surface area contributed by atoms with E-state index >= 15 is 0 Å². The molecule has 0 aliphatic heterocycles. The second-order valence-corrected chi connectivity index (χ2v) is 4.39. The Morgan fingerprint density at radius 1 is 1.00 bits per heavy atom. The van der Waals surface area contributed by atoms with Crippen LogP contribution in [0, 0.1) is 5.41 Å². The summed E-state index contributed by atoms with van der Waals surface area (Å²) in [7, 11) is 0. The molecule has 0 saturated heterocycles.